The number of alkyl halides is 1. The standard InChI is InChI=1S/C28H36Cl2N4O2/c1-6-7-20(35)13-36-21-8-9-23(30)22(10-21)26-32-25(24(16(2)3)18(5)31)17(4)27(33-26)34-14-28(15-34)11-19(29)12-28/h8-10,19-20,31,35H,6-7,11-15H2,1-5H3/t20-/m1/s1. The lowest BCUT2D eigenvalue weighted by Crippen LogP contribution is -2.63. The maximum absolute atomic E-state index is 10.1. The number of aliphatic hydroxyl groups excluding tert-OH is 1. The van der Waals surface area contributed by atoms with Gasteiger partial charge in [-0.25, -0.2) is 9.97 Å². The molecule has 0 radical (unpaired) electrons. The van der Waals surface area contributed by atoms with E-state index in [1.807, 2.05) is 33.8 Å². The number of nitrogens with one attached hydrogen (secondary N) is 1. The fourth-order valence-electron chi connectivity index (χ4n) is 5.39. The van der Waals surface area contributed by atoms with Crippen LogP contribution in [0.1, 0.15) is 64.6 Å². The first-order chi connectivity index (χ1) is 17.0. The summed E-state index contributed by atoms with van der Waals surface area (Å²) >= 11 is 12.9. The van der Waals surface area contributed by atoms with Gasteiger partial charge in [0.05, 0.1) is 16.8 Å². The van der Waals surface area contributed by atoms with Crippen LogP contribution in [0.5, 0.6) is 5.75 Å². The molecule has 1 aliphatic carbocycles. The number of halogens is 2. The Hall–Kier alpha value is -2.15. The fourth-order valence-corrected chi connectivity index (χ4v) is 6.25. The Bertz CT molecular complexity index is 1180. The van der Waals surface area contributed by atoms with Crippen LogP contribution in [0.3, 0.4) is 0 Å². The number of rotatable bonds is 9. The molecule has 1 aromatic carbocycles. The van der Waals surface area contributed by atoms with Gasteiger partial charge in [-0.15, -0.1) is 11.6 Å². The number of benzene rings is 1. The zero-order chi connectivity index (χ0) is 26.2. The predicted molar refractivity (Wildman–Crippen MR) is 149 cm³/mol. The molecule has 1 saturated carbocycles. The highest BCUT2D eigenvalue weighted by Gasteiger charge is 2.52. The summed E-state index contributed by atoms with van der Waals surface area (Å²) in [6, 6.07) is 5.40. The average Bonchev–Trinajstić information content (AvgIpc) is 2.76. The van der Waals surface area contributed by atoms with E-state index in [-0.39, 0.29) is 12.0 Å². The van der Waals surface area contributed by atoms with Crippen molar-refractivity contribution in [1.82, 2.24) is 9.97 Å². The van der Waals surface area contributed by atoms with Crippen molar-refractivity contribution in [2.45, 2.75) is 71.8 Å². The summed E-state index contributed by atoms with van der Waals surface area (Å²) in [5.41, 5.74) is 4.99. The average molecular weight is 532 g/mol. The molecule has 0 amide bonds. The van der Waals surface area contributed by atoms with Crippen LogP contribution in [0.15, 0.2) is 23.8 Å². The van der Waals surface area contributed by atoms with Crippen molar-refractivity contribution >= 4 is 40.3 Å². The quantitative estimate of drug-likeness (QED) is 0.279. The second-order valence-electron chi connectivity index (χ2n) is 10.6. The van der Waals surface area contributed by atoms with Gasteiger partial charge in [-0.1, -0.05) is 30.5 Å². The molecule has 1 saturated heterocycles. The van der Waals surface area contributed by atoms with Gasteiger partial charge >= 0.3 is 0 Å². The minimum absolute atomic E-state index is 0.215. The van der Waals surface area contributed by atoms with E-state index in [4.69, 9.17) is 43.3 Å². The number of aliphatic hydroxyl groups is 1. The fraction of sp³-hybridized carbons (Fsp3) is 0.536. The Morgan fingerprint density at radius 1 is 1.25 bits per heavy atom. The lowest BCUT2D eigenvalue weighted by Gasteiger charge is -2.58. The number of hydrogen-bond acceptors (Lipinski definition) is 6. The van der Waals surface area contributed by atoms with Crippen molar-refractivity contribution in [3.05, 3.63) is 40.1 Å². The zero-order valence-electron chi connectivity index (χ0n) is 21.8. The zero-order valence-corrected chi connectivity index (χ0v) is 23.3. The first kappa shape index (κ1) is 26.9. The molecule has 2 N–H and O–H groups in total. The molecular formula is C28H36Cl2N4O2. The van der Waals surface area contributed by atoms with Crippen molar-refractivity contribution in [3.8, 4) is 17.1 Å². The highest BCUT2D eigenvalue weighted by molar-refractivity contribution is 6.33. The number of hydrogen-bond donors (Lipinski definition) is 2. The molecule has 194 valence electrons. The Balaban J connectivity index is 1.75. The lowest BCUT2D eigenvalue weighted by atomic mass is 9.63. The second kappa shape index (κ2) is 10.7. The first-order valence-corrected chi connectivity index (χ1v) is 13.5. The van der Waals surface area contributed by atoms with Crippen molar-refractivity contribution < 1.29 is 9.84 Å². The first-order valence-electron chi connectivity index (χ1n) is 12.7. The van der Waals surface area contributed by atoms with E-state index in [1.54, 1.807) is 19.1 Å². The summed E-state index contributed by atoms with van der Waals surface area (Å²) in [6.45, 7) is 11.9. The summed E-state index contributed by atoms with van der Waals surface area (Å²) < 4.78 is 5.85. The largest absolute Gasteiger partial charge is 0.491 e. The molecule has 2 aromatic rings. The Labute approximate surface area is 224 Å². The molecular weight excluding hydrogens is 495 g/mol. The highest BCUT2D eigenvalue weighted by atomic mass is 35.5. The number of nitrogens with zero attached hydrogens (tertiary/aromatic N) is 3. The molecule has 4 rings (SSSR count). The highest BCUT2D eigenvalue weighted by Crippen LogP contribution is 2.52. The van der Waals surface area contributed by atoms with Crippen molar-refractivity contribution in [2.24, 2.45) is 5.41 Å². The molecule has 2 heterocycles. The van der Waals surface area contributed by atoms with Crippen molar-refractivity contribution in [2.75, 3.05) is 24.6 Å². The van der Waals surface area contributed by atoms with Crippen LogP contribution in [0.4, 0.5) is 5.82 Å². The Kier molecular flexibility index (Phi) is 7.98. The van der Waals surface area contributed by atoms with Gasteiger partial charge in [0.25, 0.3) is 0 Å². The third kappa shape index (κ3) is 5.41. The SMILES string of the molecule is CCC[C@@H](O)COc1ccc(Cl)c(-c2nc(C(C(C)=N)=C(C)C)c(C)c(N3CC4(CC(Cl)C4)C3)n2)c1. The minimum atomic E-state index is -0.517. The molecule has 0 unspecified atom stereocenters. The van der Waals surface area contributed by atoms with Gasteiger partial charge in [-0.3, -0.25) is 0 Å². The van der Waals surface area contributed by atoms with E-state index in [1.165, 1.54) is 0 Å². The van der Waals surface area contributed by atoms with Gasteiger partial charge in [0.15, 0.2) is 5.82 Å². The Morgan fingerprint density at radius 3 is 2.53 bits per heavy atom. The van der Waals surface area contributed by atoms with E-state index in [2.05, 4.69) is 4.90 Å². The van der Waals surface area contributed by atoms with Crippen LogP contribution < -0.4 is 9.64 Å². The number of anilines is 1. The van der Waals surface area contributed by atoms with Crippen LogP contribution >= 0.6 is 23.2 Å². The normalized spacial score (nSPS) is 17.4. The predicted octanol–water partition coefficient (Wildman–Crippen LogP) is 6.69. The summed E-state index contributed by atoms with van der Waals surface area (Å²) in [5.74, 6) is 1.98. The summed E-state index contributed by atoms with van der Waals surface area (Å²) in [7, 11) is 0. The third-order valence-corrected chi connectivity index (χ3v) is 7.77. The smallest absolute Gasteiger partial charge is 0.163 e. The number of ether oxygens (including phenoxy) is 1. The van der Waals surface area contributed by atoms with Gasteiger partial charge in [-0.05, 0) is 65.2 Å². The van der Waals surface area contributed by atoms with E-state index in [0.29, 0.717) is 39.7 Å². The van der Waals surface area contributed by atoms with Crippen LogP contribution in [0.25, 0.3) is 17.0 Å². The van der Waals surface area contributed by atoms with E-state index in [0.717, 1.165) is 60.6 Å². The van der Waals surface area contributed by atoms with E-state index in [9.17, 15) is 5.11 Å². The van der Waals surface area contributed by atoms with Gasteiger partial charge < -0.3 is 20.2 Å². The summed E-state index contributed by atoms with van der Waals surface area (Å²) in [5, 5.41) is 19.3. The molecule has 2 fully saturated rings. The molecule has 1 aromatic heterocycles. The molecule has 1 aliphatic heterocycles. The van der Waals surface area contributed by atoms with E-state index >= 15 is 0 Å². The number of aromatic nitrogens is 2. The molecule has 36 heavy (non-hydrogen) atoms. The maximum Gasteiger partial charge on any atom is 0.163 e. The summed E-state index contributed by atoms with van der Waals surface area (Å²) in [6.07, 6.45) is 3.15. The van der Waals surface area contributed by atoms with Gasteiger partial charge in [0.2, 0.25) is 0 Å². The molecule has 0 bridgehead atoms. The Morgan fingerprint density at radius 2 is 1.94 bits per heavy atom. The minimum Gasteiger partial charge on any atom is -0.491 e. The van der Waals surface area contributed by atoms with Gasteiger partial charge in [-0.2, -0.15) is 0 Å². The maximum atomic E-state index is 10.1. The second-order valence-corrected chi connectivity index (χ2v) is 11.6. The van der Waals surface area contributed by atoms with Crippen LogP contribution in [0.2, 0.25) is 5.02 Å². The van der Waals surface area contributed by atoms with Crippen molar-refractivity contribution in [3.63, 3.8) is 0 Å². The van der Waals surface area contributed by atoms with E-state index < -0.39 is 6.10 Å². The van der Waals surface area contributed by atoms with Gasteiger partial charge in [0.1, 0.15) is 18.2 Å². The monoisotopic (exact) mass is 530 g/mol. The molecule has 2 aliphatic rings. The lowest BCUT2D eigenvalue weighted by molar-refractivity contribution is 0.0946. The molecule has 1 spiro atoms. The molecule has 6 nitrogen and oxygen atoms in total. The topological polar surface area (TPSA) is 82.3 Å². The third-order valence-electron chi connectivity index (χ3n) is 7.14. The number of allylic oxidation sites excluding steroid dienone is 2. The van der Waals surface area contributed by atoms with Gasteiger partial charge in [0, 0.05) is 46.3 Å². The van der Waals surface area contributed by atoms with Crippen molar-refractivity contribution in [1.29, 1.82) is 5.41 Å². The van der Waals surface area contributed by atoms with Crippen LogP contribution in [-0.4, -0.2) is 52.0 Å². The summed E-state index contributed by atoms with van der Waals surface area (Å²) in [4.78, 5) is 12.2. The molecule has 8 heteroatoms. The molecule has 1 atom stereocenters. The van der Waals surface area contributed by atoms with Crippen LogP contribution in [0, 0.1) is 17.7 Å². The van der Waals surface area contributed by atoms with Crippen LogP contribution in [-0.2, 0) is 0 Å².